The first-order valence-corrected chi connectivity index (χ1v) is 8.52. The molecule has 0 aliphatic carbocycles. The van der Waals surface area contributed by atoms with Crippen molar-refractivity contribution in [1.82, 2.24) is 9.97 Å². The van der Waals surface area contributed by atoms with Crippen molar-refractivity contribution in [2.45, 2.75) is 24.3 Å². The van der Waals surface area contributed by atoms with Crippen LogP contribution in [0.1, 0.15) is 11.1 Å². The zero-order valence-corrected chi connectivity index (χ0v) is 13.6. The van der Waals surface area contributed by atoms with Crippen LogP contribution in [0.2, 0.25) is 0 Å². The average molecular weight is 370 g/mol. The van der Waals surface area contributed by atoms with E-state index in [-0.39, 0.29) is 30.5 Å². The summed E-state index contributed by atoms with van der Waals surface area (Å²) in [6, 6.07) is 9.03. The van der Waals surface area contributed by atoms with Crippen molar-refractivity contribution in [3.05, 3.63) is 41.5 Å². The summed E-state index contributed by atoms with van der Waals surface area (Å²) in [5.74, 6) is -1.87. The van der Waals surface area contributed by atoms with Gasteiger partial charge in [0.2, 0.25) is 11.1 Å². The van der Waals surface area contributed by atoms with E-state index in [2.05, 4.69) is 9.97 Å². The van der Waals surface area contributed by atoms with Gasteiger partial charge in [-0.1, -0.05) is 30.3 Å². The molecule has 10 heteroatoms. The maximum atomic E-state index is 12.4. The first kappa shape index (κ1) is 17.3. The average Bonchev–Trinajstić information content (AvgIpc) is 2.84. The quantitative estimate of drug-likeness (QED) is 0.830. The molecular formula is C15H13F3N4O2S. The van der Waals surface area contributed by atoms with Gasteiger partial charge in [-0.2, -0.15) is 13.2 Å². The van der Waals surface area contributed by atoms with Crippen molar-refractivity contribution in [3.8, 4) is 0 Å². The number of carbonyl (C=O) groups excluding carboxylic acids is 1. The number of nitrogens with zero attached hydrogens (tertiary/aromatic N) is 3. The number of anilines is 2. The number of fused-ring (bicyclic) bond motifs is 1. The van der Waals surface area contributed by atoms with Gasteiger partial charge in [-0.15, -0.1) is 0 Å². The molecule has 1 atom stereocenters. The van der Waals surface area contributed by atoms with Crippen LogP contribution in [0.15, 0.2) is 35.5 Å². The number of nitrogen functional groups attached to an aromatic ring is 1. The standard InChI is InChI=1S/C15H13F3N4O2S/c16-15(17,18)8-25(24)14-20-12(19)10-6-11(23)22(13(10)21-14)7-9-4-2-1-3-5-9/h1-5H,6-8H2,(H2,19,20,21). The molecule has 6 nitrogen and oxygen atoms in total. The molecule has 0 spiro atoms. The Labute approximate surface area is 143 Å². The second kappa shape index (κ2) is 6.43. The molecular weight excluding hydrogens is 357 g/mol. The van der Waals surface area contributed by atoms with E-state index < -0.39 is 27.9 Å². The summed E-state index contributed by atoms with van der Waals surface area (Å²) >= 11 is 0. The summed E-state index contributed by atoms with van der Waals surface area (Å²) in [4.78, 5) is 21.2. The van der Waals surface area contributed by atoms with E-state index in [1.165, 1.54) is 4.90 Å². The zero-order chi connectivity index (χ0) is 18.2. The van der Waals surface area contributed by atoms with Crippen LogP contribution in [0.3, 0.4) is 0 Å². The van der Waals surface area contributed by atoms with E-state index in [9.17, 15) is 22.2 Å². The molecule has 1 aliphatic rings. The van der Waals surface area contributed by atoms with Crippen molar-refractivity contribution in [2.24, 2.45) is 0 Å². The van der Waals surface area contributed by atoms with Crippen LogP contribution in [0.4, 0.5) is 24.8 Å². The van der Waals surface area contributed by atoms with Gasteiger partial charge in [0.15, 0.2) is 0 Å². The summed E-state index contributed by atoms with van der Waals surface area (Å²) in [6.45, 7) is 0.189. The van der Waals surface area contributed by atoms with E-state index in [4.69, 9.17) is 5.73 Å². The Hall–Kier alpha value is -2.49. The molecule has 0 fully saturated rings. The largest absolute Gasteiger partial charge is 0.400 e. The van der Waals surface area contributed by atoms with E-state index in [1.54, 1.807) is 24.3 Å². The van der Waals surface area contributed by atoms with E-state index in [0.29, 0.717) is 5.56 Å². The minimum atomic E-state index is -4.62. The Bertz CT molecular complexity index is 843. The van der Waals surface area contributed by atoms with Crippen LogP contribution < -0.4 is 10.6 Å². The minimum absolute atomic E-state index is 0.0415. The number of nitrogens with two attached hydrogens (primary N) is 1. The zero-order valence-electron chi connectivity index (χ0n) is 12.8. The van der Waals surface area contributed by atoms with Gasteiger partial charge in [0.1, 0.15) is 28.2 Å². The van der Waals surface area contributed by atoms with Gasteiger partial charge in [-0.25, -0.2) is 9.97 Å². The Kier molecular flexibility index (Phi) is 4.46. The lowest BCUT2D eigenvalue weighted by molar-refractivity contribution is -0.117. The van der Waals surface area contributed by atoms with Crippen molar-refractivity contribution in [1.29, 1.82) is 0 Å². The van der Waals surface area contributed by atoms with Gasteiger partial charge in [0.05, 0.1) is 13.0 Å². The molecule has 1 amide bonds. The molecule has 132 valence electrons. The van der Waals surface area contributed by atoms with Crippen LogP contribution >= 0.6 is 0 Å². The molecule has 2 aromatic rings. The first-order chi connectivity index (χ1) is 11.7. The first-order valence-electron chi connectivity index (χ1n) is 7.20. The third-order valence-electron chi connectivity index (χ3n) is 3.56. The van der Waals surface area contributed by atoms with Crippen molar-refractivity contribution < 1.29 is 22.2 Å². The fraction of sp³-hybridized carbons (Fsp3) is 0.267. The molecule has 1 unspecified atom stereocenters. The Balaban J connectivity index is 1.95. The molecule has 25 heavy (non-hydrogen) atoms. The summed E-state index contributed by atoms with van der Waals surface area (Å²) in [5.41, 5.74) is 6.91. The van der Waals surface area contributed by atoms with Crippen molar-refractivity contribution in [2.75, 3.05) is 16.4 Å². The summed E-state index contributed by atoms with van der Waals surface area (Å²) < 4.78 is 49.2. The number of halogens is 3. The maximum absolute atomic E-state index is 12.4. The van der Waals surface area contributed by atoms with Gasteiger partial charge >= 0.3 is 6.18 Å². The smallest absolute Gasteiger partial charge is 0.383 e. The maximum Gasteiger partial charge on any atom is 0.400 e. The number of carbonyl (C=O) groups is 1. The molecule has 2 N–H and O–H groups in total. The fourth-order valence-corrected chi connectivity index (χ4v) is 3.28. The van der Waals surface area contributed by atoms with Gasteiger partial charge in [0.25, 0.3) is 0 Å². The summed E-state index contributed by atoms with van der Waals surface area (Å²) in [5, 5.41) is -0.527. The number of hydrogen-bond donors (Lipinski definition) is 1. The molecule has 1 aromatic carbocycles. The highest BCUT2D eigenvalue weighted by molar-refractivity contribution is 7.84. The number of benzene rings is 1. The van der Waals surface area contributed by atoms with Gasteiger partial charge in [-0.05, 0) is 5.56 Å². The number of amides is 1. The third kappa shape index (κ3) is 3.78. The Morgan fingerprint density at radius 2 is 1.88 bits per heavy atom. The highest BCUT2D eigenvalue weighted by atomic mass is 32.2. The number of alkyl halides is 3. The van der Waals surface area contributed by atoms with E-state index >= 15 is 0 Å². The van der Waals surface area contributed by atoms with Gasteiger partial charge < -0.3 is 5.73 Å². The topological polar surface area (TPSA) is 89.2 Å². The third-order valence-corrected chi connectivity index (χ3v) is 4.74. The lowest BCUT2D eigenvalue weighted by atomic mass is 10.2. The predicted molar refractivity (Wildman–Crippen MR) is 85.1 cm³/mol. The highest BCUT2D eigenvalue weighted by Gasteiger charge is 2.35. The fourth-order valence-electron chi connectivity index (χ4n) is 2.47. The summed E-state index contributed by atoms with van der Waals surface area (Å²) in [6.07, 6.45) is -4.66. The van der Waals surface area contributed by atoms with Crippen molar-refractivity contribution in [3.63, 3.8) is 0 Å². The SMILES string of the molecule is Nc1nc(S(=O)CC(F)(F)F)nc2c1CC(=O)N2Cc1ccccc1. The van der Waals surface area contributed by atoms with Crippen LogP contribution in [0, 0.1) is 0 Å². The second-order valence-electron chi connectivity index (χ2n) is 5.44. The molecule has 1 aliphatic heterocycles. The van der Waals surface area contributed by atoms with E-state index in [1.807, 2.05) is 6.07 Å². The lowest BCUT2D eigenvalue weighted by Gasteiger charge is -2.17. The minimum Gasteiger partial charge on any atom is -0.383 e. The van der Waals surface area contributed by atoms with Crippen molar-refractivity contribution >= 4 is 28.3 Å². The predicted octanol–water partition coefficient (Wildman–Crippen LogP) is 1.82. The highest BCUT2D eigenvalue weighted by Crippen LogP contribution is 2.32. The molecule has 1 aromatic heterocycles. The van der Waals surface area contributed by atoms with Gasteiger partial charge in [0, 0.05) is 5.56 Å². The van der Waals surface area contributed by atoms with Crippen LogP contribution in [0.5, 0.6) is 0 Å². The van der Waals surface area contributed by atoms with Crippen LogP contribution in [-0.2, 0) is 28.6 Å². The Morgan fingerprint density at radius 3 is 2.52 bits per heavy atom. The number of aromatic nitrogens is 2. The molecule has 3 rings (SSSR count). The van der Waals surface area contributed by atoms with Crippen LogP contribution in [-0.4, -0.2) is 32.0 Å². The monoisotopic (exact) mass is 370 g/mol. The molecule has 0 saturated heterocycles. The lowest BCUT2D eigenvalue weighted by Crippen LogP contribution is -2.27. The molecule has 0 saturated carbocycles. The molecule has 0 bridgehead atoms. The number of rotatable bonds is 4. The van der Waals surface area contributed by atoms with Gasteiger partial charge in [-0.3, -0.25) is 13.9 Å². The molecule has 0 radical (unpaired) electrons. The number of hydrogen-bond acceptors (Lipinski definition) is 5. The van der Waals surface area contributed by atoms with E-state index in [0.717, 1.165) is 5.56 Å². The molecule has 2 heterocycles. The summed E-state index contributed by atoms with van der Waals surface area (Å²) in [7, 11) is -2.49. The second-order valence-corrected chi connectivity index (χ2v) is 6.79. The normalized spacial score (nSPS) is 15.3. The van der Waals surface area contributed by atoms with Crippen LogP contribution in [0.25, 0.3) is 0 Å². The Morgan fingerprint density at radius 1 is 1.20 bits per heavy atom.